The van der Waals surface area contributed by atoms with Crippen molar-refractivity contribution in [2.75, 3.05) is 0 Å². The van der Waals surface area contributed by atoms with Gasteiger partial charge >= 0.3 is 0 Å². The third-order valence-electron chi connectivity index (χ3n) is 4.01. The van der Waals surface area contributed by atoms with E-state index in [-0.39, 0.29) is 0 Å². The topological polar surface area (TPSA) is 26.0 Å². The lowest BCUT2D eigenvalue weighted by Crippen LogP contribution is -2.19. The standard InChI is InChI=1S/C14H29N/c1-3-4-5-6-7-8-10-14(2)11-9-13(15)12-14/h13H,3-12,15H2,1-2H3. The molecular formula is C14H29N. The van der Waals surface area contributed by atoms with Crippen molar-refractivity contribution in [1.29, 1.82) is 0 Å². The zero-order valence-corrected chi connectivity index (χ0v) is 10.7. The molecule has 15 heavy (non-hydrogen) atoms. The Bertz CT molecular complexity index is 167. The van der Waals surface area contributed by atoms with Gasteiger partial charge in [-0.1, -0.05) is 52.4 Å². The molecule has 2 N–H and O–H groups in total. The quantitative estimate of drug-likeness (QED) is 0.626. The molecule has 2 unspecified atom stereocenters. The van der Waals surface area contributed by atoms with Crippen LogP contribution in [0.2, 0.25) is 0 Å². The van der Waals surface area contributed by atoms with Crippen LogP contribution >= 0.6 is 0 Å². The lowest BCUT2D eigenvalue weighted by molar-refractivity contribution is 0.290. The molecule has 1 aliphatic carbocycles. The van der Waals surface area contributed by atoms with Crippen LogP contribution in [0.15, 0.2) is 0 Å². The Balaban J connectivity index is 2.00. The molecule has 0 aromatic rings. The molecule has 90 valence electrons. The predicted molar refractivity (Wildman–Crippen MR) is 67.9 cm³/mol. The molecule has 0 aromatic carbocycles. The molecule has 1 fully saturated rings. The van der Waals surface area contributed by atoms with E-state index in [0.29, 0.717) is 11.5 Å². The smallest absolute Gasteiger partial charge is 0.00442 e. The third kappa shape index (κ3) is 5.01. The van der Waals surface area contributed by atoms with Gasteiger partial charge in [-0.2, -0.15) is 0 Å². The SMILES string of the molecule is CCCCCCCCC1(C)CCC(N)C1. The van der Waals surface area contributed by atoms with Crippen LogP contribution in [0, 0.1) is 5.41 Å². The van der Waals surface area contributed by atoms with Crippen LogP contribution in [0.3, 0.4) is 0 Å². The maximum absolute atomic E-state index is 5.98. The molecule has 1 rings (SSSR count). The van der Waals surface area contributed by atoms with E-state index >= 15 is 0 Å². The minimum Gasteiger partial charge on any atom is -0.328 e. The molecule has 0 aliphatic heterocycles. The van der Waals surface area contributed by atoms with E-state index in [2.05, 4.69) is 13.8 Å². The van der Waals surface area contributed by atoms with Crippen molar-refractivity contribution in [3.63, 3.8) is 0 Å². The summed E-state index contributed by atoms with van der Waals surface area (Å²) >= 11 is 0. The molecule has 0 amide bonds. The molecule has 0 spiro atoms. The molecule has 2 atom stereocenters. The van der Waals surface area contributed by atoms with Crippen molar-refractivity contribution in [2.24, 2.45) is 11.1 Å². The van der Waals surface area contributed by atoms with Crippen LogP contribution in [0.25, 0.3) is 0 Å². The van der Waals surface area contributed by atoms with Gasteiger partial charge in [0.05, 0.1) is 0 Å². The largest absolute Gasteiger partial charge is 0.328 e. The molecule has 0 aromatic heterocycles. The highest BCUT2D eigenvalue weighted by Crippen LogP contribution is 2.41. The van der Waals surface area contributed by atoms with Gasteiger partial charge in [-0.3, -0.25) is 0 Å². The van der Waals surface area contributed by atoms with Gasteiger partial charge in [0.2, 0.25) is 0 Å². The number of rotatable bonds is 7. The highest BCUT2D eigenvalue weighted by molar-refractivity contribution is 4.87. The van der Waals surface area contributed by atoms with Gasteiger partial charge in [0.1, 0.15) is 0 Å². The normalized spacial score (nSPS) is 31.0. The number of hydrogen-bond donors (Lipinski definition) is 1. The third-order valence-corrected chi connectivity index (χ3v) is 4.01. The van der Waals surface area contributed by atoms with Crippen molar-refractivity contribution in [3.05, 3.63) is 0 Å². The van der Waals surface area contributed by atoms with E-state index in [1.54, 1.807) is 0 Å². The molecule has 1 heteroatoms. The Morgan fingerprint density at radius 1 is 1.13 bits per heavy atom. The van der Waals surface area contributed by atoms with Gasteiger partial charge in [0.15, 0.2) is 0 Å². The minimum atomic E-state index is 0.495. The van der Waals surface area contributed by atoms with E-state index in [1.807, 2.05) is 0 Å². The first-order chi connectivity index (χ1) is 7.16. The Hall–Kier alpha value is -0.0400. The molecule has 0 radical (unpaired) electrons. The van der Waals surface area contributed by atoms with E-state index in [0.717, 1.165) is 0 Å². The Kier molecular flexibility index (Phi) is 5.66. The van der Waals surface area contributed by atoms with Crippen LogP contribution in [-0.2, 0) is 0 Å². The molecule has 1 nitrogen and oxygen atoms in total. The Labute approximate surface area is 95.8 Å². The highest BCUT2D eigenvalue weighted by atomic mass is 14.7. The highest BCUT2D eigenvalue weighted by Gasteiger charge is 2.32. The van der Waals surface area contributed by atoms with Crippen molar-refractivity contribution in [1.82, 2.24) is 0 Å². The first-order valence-electron chi connectivity index (χ1n) is 6.92. The van der Waals surface area contributed by atoms with Gasteiger partial charge < -0.3 is 5.73 Å². The second-order valence-corrected chi connectivity index (χ2v) is 5.83. The molecule has 0 heterocycles. The minimum absolute atomic E-state index is 0.495. The summed E-state index contributed by atoms with van der Waals surface area (Å²) < 4.78 is 0. The lowest BCUT2D eigenvalue weighted by Gasteiger charge is -2.23. The van der Waals surface area contributed by atoms with Crippen LogP contribution in [0.5, 0.6) is 0 Å². The first-order valence-corrected chi connectivity index (χ1v) is 6.92. The number of nitrogens with two attached hydrogens (primary N) is 1. The zero-order chi connectivity index (χ0) is 11.1. The summed E-state index contributed by atoms with van der Waals surface area (Å²) in [5.74, 6) is 0. The maximum atomic E-state index is 5.98. The molecule has 1 aliphatic rings. The van der Waals surface area contributed by atoms with Crippen molar-refractivity contribution in [2.45, 2.75) is 84.1 Å². The average molecular weight is 211 g/mol. The summed E-state index contributed by atoms with van der Waals surface area (Å²) in [7, 11) is 0. The van der Waals surface area contributed by atoms with Crippen LogP contribution in [-0.4, -0.2) is 6.04 Å². The van der Waals surface area contributed by atoms with Gasteiger partial charge in [-0.25, -0.2) is 0 Å². The monoisotopic (exact) mass is 211 g/mol. The Morgan fingerprint density at radius 3 is 2.40 bits per heavy atom. The number of hydrogen-bond acceptors (Lipinski definition) is 1. The summed E-state index contributed by atoms with van der Waals surface area (Å²) in [6.07, 6.45) is 13.8. The van der Waals surface area contributed by atoms with Crippen LogP contribution < -0.4 is 5.73 Å². The summed E-state index contributed by atoms with van der Waals surface area (Å²) in [5, 5.41) is 0. The van der Waals surface area contributed by atoms with Gasteiger partial charge in [-0.15, -0.1) is 0 Å². The second kappa shape index (κ2) is 6.52. The summed E-state index contributed by atoms with van der Waals surface area (Å²) in [6, 6.07) is 0.495. The van der Waals surface area contributed by atoms with Crippen LogP contribution in [0.1, 0.15) is 78.1 Å². The molecular weight excluding hydrogens is 182 g/mol. The molecule has 1 saturated carbocycles. The molecule has 0 saturated heterocycles. The summed E-state index contributed by atoms with van der Waals surface area (Å²) in [5.41, 5.74) is 6.57. The van der Waals surface area contributed by atoms with Gasteiger partial charge in [0, 0.05) is 6.04 Å². The predicted octanol–water partition coefficient (Wildman–Crippen LogP) is 4.25. The van der Waals surface area contributed by atoms with Gasteiger partial charge in [-0.05, 0) is 31.1 Å². The fourth-order valence-corrected chi connectivity index (χ4v) is 2.93. The zero-order valence-electron chi connectivity index (χ0n) is 10.7. The summed E-state index contributed by atoms with van der Waals surface area (Å²) in [6.45, 7) is 4.72. The van der Waals surface area contributed by atoms with Crippen molar-refractivity contribution >= 4 is 0 Å². The maximum Gasteiger partial charge on any atom is 0.00442 e. The van der Waals surface area contributed by atoms with Crippen molar-refractivity contribution < 1.29 is 0 Å². The second-order valence-electron chi connectivity index (χ2n) is 5.83. The van der Waals surface area contributed by atoms with Crippen molar-refractivity contribution in [3.8, 4) is 0 Å². The average Bonchev–Trinajstić information content (AvgIpc) is 2.53. The van der Waals surface area contributed by atoms with E-state index < -0.39 is 0 Å². The fourth-order valence-electron chi connectivity index (χ4n) is 2.93. The van der Waals surface area contributed by atoms with E-state index in [9.17, 15) is 0 Å². The first kappa shape index (κ1) is 13.0. The Morgan fingerprint density at radius 2 is 1.80 bits per heavy atom. The van der Waals surface area contributed by atoms with Crippen LogP contribution in [0.4, 0.5) is 0 Å². The summed E-state index contributed by atoms with van der Waals surface area (Å²) in [4.78, 5) is 0. The lowest BCUT2D eigenvalue weighted by atomic mass is 9.83. The van der Waals surface area contributed by atoms with Gasteiger partial charge in [0.25, 0.3) is 0 Å². The fraction of sp³-hybridized carbons (Fsp3) is 1.00. The number of unbranched alkanes of at least 4 members (excludes halogenated alkanes) is 5. The molecule has 0 bridgehead atoms. The van der Waals surface area contributed by atoms with E-state index in [4.69, 9.17) is 5.73 Å². The van der Waals surface area contributed by atoms with E-state index in [1.165, 1.54) is 64.2 Å².